The predicted molar refractivity (Wildman–Crippen MR) is 142 cm³/mol. The topological polar surface area (TPSA) is 148 Å². The van der Waals surface area contributed by atoms with Crippen molar-refractivity contribution in [2.75, 3.05) is 23.1 Å². The molecule has 1 fully saturated rings. The largest absolute Gasteiger partial charge is 0.373 e. The van der Waals surface area contributed by atoms with E-state index >= 15 is 0 Å². The van der Waals surface area contributed by atoms with Gasteiger partial charge in [0.2, 0.25) is 16.0 Å². The molecular weight excluding hydrogens is 530 g/mol. The maximum Gasteiger partial charge on any atom is 0.264 e. The van der Waals surface area contributed by atoms with Crippen LogP contribution < -0.4 is 10.0 Å². The molecule has 38 heavy (non-hydrogen) atoms. The molecule has 1 aromatic heterocycles. The summed E-state index contributed by atoms with van der Waals surface area (Å²) in [7, 11) is -7.66. The van der Waals surface area contributed by atoms with Crippen LogP contribution in [0.25, 0.3) is 0 Å². The molecular formula is C25H29N5O6S2. The minimum absolute atomic E-state index is 0.0250. The molecule has 0 saturated carbocycles. The Morgan fingerprint density at radius 3 is 1.95 bits per heavy atom. The quantitative estimate of drug-likeness (QED) is 0.449. The molecule has 0 aliphatic carbocycles. The minimum Gasteiger partial charge on any atom is -0.373 e. The van der Waals surface area contributed by atoms with Gasteiger partial charge < -0.3 is 10.1 Å². The van der Waals surface area contributed by atoms with Gasteiger partial charge in [-0.25, -0.2) is 31.5 Å². The third kappa shape index (κ3) is 6.35. The Morgan fingerprint density at radius 2 is 1.39 bits per heavy atom. The number of carbonyl (C=O) groups excluding carboxylic acids is 1. The Balaban J connectivity index is 1.42. The van der Waals surface area contributed by atoms with E-state index < -0.39 is 26.0 Å². The van der Waals surface area contributed by atoms with Gasteiger partial charge in [-0.2, -0.15) is 4.31 Å². The Hall–Kier alpha value is -3.39. The number of morpholine rings is 1. The number of nitrogens with one attached hydrogen (secondary N) is 2. The van der Waals surface area contributed by atoms with Gasteiger partial charge in [0.25, 0.3) is 15.9 Å². The van der Waals surface area contributed by atoms with Crippen LogP contribution in [-0.2, 0) is 24.8 Å². The number of hydrogen-bond acceptors (Lipinski definition) is 8. The van der Waals surface area contributed by atoms with Crippen molar-refractivity contribution in [3.05, 3.63) is 71.5 Å². The molecule has 0 unspecified atom stereocenters. The molecule has 3 aromatic rings. The van der Waals surface area contributed by atoms with Gasteiger partial charge in [0.05, 0.1) is 22.0 Å². The lowest BCUT2D eigenvalue weighted by atomic mass is 10.2. The molecule has 2 N–H and O–H groups in total. The number of aromatic nitrogens is 2. The van der Waals surface area contributed by atoms with Crippen LogP contribution in [0, 0.1) is 13.8 Å². The second-order valence-corrected chi connectivity index (χ2v) is 12.8. The highest BCUT2D eigenvalue weighted by Crippen LogP contribution is 2.22. The highest BCUT2D eigenvalue weighted by molar-refractivity contribution is 7.92. The molecule has 1 aliphatic rings. The summed E-state index contributed by atoms with van der Waals surface area (Å²) >= 11 is 0. The molecule has 0 bridgehead atoms. The average molecular weight is 560 g/mol. The molecule has 11 nitrogen and oxygen atoms in total. The zero-order valence-electron chi connectivity index (χ0n) is 21.4. The van der Waals surface area contributed by atoms with Crippen LogP contribution in [0.15, 0.2) is 64.4 Å². The monoisotopic (exact) mass is 559 g/mol. The second kappa shape index (κ2) is 10.8. The fourth-order valence-electron chi connectivity index (χ4n) is 4.13. The van der Waals surface area contributed by atoms with Crippen molar-refractivity contribution < 1.29 is 26.4 Å². The summed E-state index contributed by atoms with van der Waals surface area (Å²) in [5.74, 6) is -0.497. The lowest BCUT2D eigenvalue weighted by molar-refractivity contribution is -0.0440. The van der Waals surface area contributed by atoms with Crippen molar-refractivity contribution in [1.29, 1.82) is 0 Å². The standard InChI is InChI=1S/C25H29N5O6S2/c1-16-13-17(2)27-25(26-16)29-37(32,33)22-11-7-21(8-12-22)28-24(31)20-5-9-23(10-6-20)38(34,35)30-14-18(3)36-19(4)15-30/h5-13,18-19H,14-15H2,1-4H3,(H,28,31)(H,26,27,29)/t18-,19-/m1/s1. The first-order chi connectivity index (χ1) is 17.8. The smallest absolute Gasteiger partial charge is 0.264 e. The number of rotatable bonds is 7. The van der Waals surface area contributed by atoms with Gasteiger partial charge in [0.1, 0.15) is 0 Å². The number of nitrogens with zero attached hydrogens (tertiary/aromatic N) is 3. The molecule has 1 amide bonds. The number of ether oxygens (including phenoxy) is 1. The van der Waals surface area contributed by atoms with Crippen LogP contribution in [0.4, 0.5) is 11.6 Å². The van der Waals surface area contributed by atoms with E-state index in [0.29, 0.717) is 17.1 Å². The zero-order valence-corrected chi connectivity index (χ0v) is 23.0. The van der Waals surface area contributed by atoms with Crippen LogP contribution in [0.3, 0.4) is 0 Å². The molecule has 202 valence electrons. The summed E-state index contributed by atoms with van der Waals surface area (Å²) in [5.41, 5.74) is 1.87. The maximum atomic E-state index is 13.0. The first-order valence-corrected chi connectivity index (χ1v) is 14.8. The Bertz CT molecular complexity index is 1510. The van der Waals surface area contributed by atoms with E-state index in [0.717, 1.165) is 0 Å². The fourth-order valence-corrected chi connectivity index (χ4v) is 6.66. The van der Waals surface area contributed by atoms with Crippen molar-refractivity contribution in [3.63, 3.8) is 0 Å². The van der Waals surface area contributed by atoms with Crippen LogP contribution in [-0.4, -0.2) is 62.3 Å². The molecule has 0 radical (unpaired) electrons. The molecule has 1 saturated heterocycles. The first-order valence-electron chi connectivity index (χ1n) is 11.9. The molecule has 13 heteroatoms. The average Bonchev–Trinajstić information content (AvgIpc) is 2.83. The van der Waals surface area contributed by atoms with E-state index in [2.05, 4.69) is 20.0 Å². The van der Waals surface area contributed by atoms with Crippen LogP contribution in [0.5, 0.6) is 0 Å². The van der Waals surface area contributed by atoms with E-state index in [1.807, 2.05) is 13.8 Å². The number of hydrogen-bond donors (Lipinski definition) is 2. The maximum absolute atomic E-state index is 13.0. The van der Waals surface area contributed by atoms with Crippen LogP contribution in [0.1, 0.15) is 35.6 Å². The predicted octanol–water partition coefficient (Wildman–Crippen LogP) is 2.94. The molecule has 2 atom stereocenters. The second-order valence-electron chi connectivity index (χ2n) is 9.16. The third-order valence-corrected chi connectivity index (χ3v) is 8.96. The SMILES string of the molecule is Cc1cc(C)nc(NS(=O)(=O)c2ccc(NC(=O)c3ccc(S(=O)(=O)N4C[C@@H](C)O[C@H](C)C4)cc3)cc2)n1. The number of amides is 1. The van der Waals surface area contributed by atoms with Gasteiger partial charge in [-0.15, -0.1) is 0 Å². The summed E-state index contributed by atoms with van der Waals surface area (Å²) in [6, 6.07) is 13.0. The van der Waals surface area contributed by atoms with Crippen molar-refractivity contribution in [2.24, 2.45) is 0 Å². The van der Waals surface area contributed by atoms with E-state index in [-0.39, 0.29) is 46.6 Å². The van der Waals surface area contributed by atoms with Crippen molar-refractivity contribution >= 4 is 37.6 Å². The molecule has 4 rings (SSSR count). The van der Waals surface area contributed by atoms with E-state index in [9.17, 15) is 21.6 Å². The van der Waals surface area contributed by atoms with Crippen LogP contribution in [0.2, 0.25) is 0 Å². The number of carbonyl (C=O) groups is 1. The van der Waals surface area contributed by atoms with Gasteiger partial charge in [-0.05, 0) is 82.3 Å². The highest BCUT2D eigenvalue weighted by atomic mass is 32.2. The summed E-state index contributed by atoms with van der Waals surface area (Å²) < 4.78 is 60.8. The van der Waals surface area contributed by atoms with E-state index in [1.165, 1.54) is 52.8 Å². The summed E-state index contributed by atoms with van der Waals surface area (Å²) in [6.07, 6.45) is -0.424. The molecule has 2 aromatic carbocycles. The minimum atomic E-state index is -3.94. The first kappa shape index (κ1) is 27.6. The highest BCUT2D eigenvalue weighted by Gasteiger charge is 2.32. The van der Waals surface area contributed by atoms with Crippen molar-refractivity contribution in [3.8, 4) is 0 Å². The van der Waals surface area contributed by atoms with Gasteiger partial charge >= 0.3 is 0 Å². The number of sulfonamides is 2. The fraction of sp³-hybridized carbons (Fsp3) is 0.320. The molecule has 2 heterocycles. The van der Waals surface area contributed by atoms with Gasteiger partial charge in [0, 0.05) is 35.7 Å². The summed E-state index contributed by atoms with van der Waals surface area (Å²) in [5, 5.41) is 2.68. The number of benzene rings is 2. The normalized spacial score (nSPS) is 18.6. The van der Waals surface area contributed by atoms with Crippen molar-refractivity contribution in [1.82, 2.24) is 14.3 Å². The molecule has 1 aliphatic heterocycles. The Labute approximate surface area is 222 Å². The number of aryl methyl sites for hydroxylation is 2. The van der Waals surface area contributed by atoms with Crippen LogP contribution >= 0.6 is 0 Å². The van der Waals surface area contributed by atoms with Crippen molar-refractivity contribution in [2.45, 2.75) is 49.7 Å². The van der Waals surface area contributed by atoms with Gasteiger partial charge in [-0.1, -0.05) is 0 Å². The summed E-state index contributed by atoms with van der Waals surface area (Å²) in [6.45, 7) is 7.64. The summed E-state index contributed by atoms with van der Waals surface area (Å²) in [4.78, 5) is 20.9. The van der Waals surface area contributed by atoms with Gasteiger partial charge in [-0.3, -0.25) is 4.79 Å². The van der Waals surface area contributed by atoms with E-state index in [1.54, 1.807) is 19.9 Å². The lowest BCUT2D eigenvalue weighted by Gasteiger charge is -2.34. The lowest BCUT2D eigenvalue weighted by Crippen LogP contribution is -2.48. The van der Waals surface area contributed by atoms with Gasteiger partial charge in [0.15, 0.2) is 0 Å². The third-order valence-electron chi connectivity index (χ3n) is 5.77. The zero-order chi connectivity index (χ0) is 27.7. The number of anilines is 2. The van der Waals surface area contributed by atoms with E-state index in [4.69, 9.17) is 4.74 Å². The Kier molecular flexibility index (Phi) is 7.83. The molecule has 0 spiro atoms. The Morgan fingerprint density at radius 1 is 0.868 bits per heavy atom.